The van der Waals surface area contributed by atoms with Gasteiger partial charge < -0.3 is 5.73 Å². The number of nitrogens with two attached hydrogens (primary N) is 1. The molecule has 17 heavy (non-hydrogen) atoms. The molecule has 0 bridgehead atoms. The Balaban J connectivity index is 2.53. The summed E-state index contributed by atoms with van der Waals surface area (Å²) in [5.74, 6) is 0. The number of hydrogen-bond acceptors (Lipinski definition) is 3. The zero-order valence-electron chi connectivity index (χ0n) is 10.0. The zero-order valence-corrected chi connectivity index (χ0v) is 10.9. The summed E-state index contributed by atoms with van der Waals surface area (Å²) in [7, 11) is -0.344. The van der Waals surface area contributed by atoms with E-state index in [9.17, 15) is 8.42 Å². The molecule has 5 nitrogen and oxygen atoms in total. The Hall–Kier alpha value is -1.27. The third-order valence-electron chi connectivity index (χ3n) is 2.98. The lowest BCUT2D eigenvalue weighted by molar-refractivity contribution is 0.512. The van der Waals surface area contributed by atoms with Crippen LogP contribution in [0.2, 0.25) is 0 Å². The highest BCUT2D eigenvalue weighted by Gasteiger charge is 2.29. The van der Waals surface area contributed by atoms with Crippen molar-refractivity contribution < 1.29 is 8.42 Å². The van der Waals surface area contributed by atoms with Gasteiger partial charge in [-0.2, -0.15) is 12.7 Å². The van der Waals surface area contributed by atoms with E-state index in [0.717, 1.165) is 18.4 Å². The van der Waals surface area contributed by atoms with Crippen LogP contribution in [0.3, 0.4) is 0 Å². The molecule has 0 radical (unpaired) electrons. The maximum atomic E-state index is 12.2. The molecule has 1 heterocycles. The highest BCUT2D eigenvalue weighted by atomic mass is 32.2. The van der Waals surface area contributed by atoms with Crippen molar-refractivity contribution in [3.05, 3.63) is 23.8 Å². The monoisotopic (exact) mass is 255 g/mol. The number of hydrogen-bond donors (Lipinski definition) is 1. The van der Waals surface area contributed by atoms with Crippen molar-refractivity contribution >= 4 is 21.6 Å². The molecular formula is C11H17N3O2S. The number of nitrogen functional groups attached to an aromatic ring is 1. The first-order valence-electron chi connectivity index (χ1n) is 5.52. The summed E-state index contributed by atoms with van der Waals surface area (Å²) in [6.45, 7) is 0.511. The minimum Gasteiger partial charge on any atom is -0.398 e. The van der Waals surface area contributed by atoms with E-state index in [0.29, 0.717) is 17.9 Å². The maximum absolute atomic E-state index is 12.2. The van der Waals surface area contributed by atoms with Crippen LogP contribution in [0.5, 0.6) is 0 Å². The molecule has 94 valence electrons. The summed E-state index contributed by atoms with van der Waals surface area (Å²) in [5.41, 5.74) is 8.20. The minimum absolute atomic E-state index is 0.511. The average Bonchev–Trinajstić information content (AvgIpc) is 2.28. The van der Waals surface area contributed by atoms with Crippen LogP contribution < -0.4 is 10.0 Å². The van der Waals surface area contributed by atoms with Crippen LogP contribution in [-0.2, 0) is 16.6 Å². The molecule has 6 heteroatoms. The molecule has 2 rings (SSSR count). The fourth-order valence-corrected chi connectivity index (χ4v) is 3.23. The van der Waals surface area contributed by atoms with Crippen LogP contribution in [0.15, 0.2) is 18.2 Å². The van der Waals surface area contributed by atoms with Gasteiger partial charge >= 0.3 is 10.2 Å². The first kappa shape index (κ1) is 12.2. The number of anilines is 2. The number of nitrogens with zero attached hydrogens (tertiary/aromatic N) is 2. The molecule has 0 spiro atoms. The van der Waals surface area contributed by atoms with Crippen molar-refractivity contribution in [1.82, 2.24) is 4.31 Å². The Morgan fingerprint density at radius 1 is 1.35 bits per heavy atom. The predicted octanol–water partition coefficient (Wildman–Crippen LogP) is 0.828. The van der Waals surface area contributed by atoms with Gasteiger partial charge in [-0.15, -0.1) is 0 Å². The molecule has 1 aromatic carbocycles. The molecule has 0 aliphatic carbocycles. The molecule has 0 atom stereocenters. The molecule has 0 saturated heterocycles. The average molecular weight is 255 g/mol. The lowest BCUT2D eigenvalue weighted by atomic mass is 10.0. The van der Waals surface area contributed by atoms with E-state index in [1.807, 2.05) is 12.1 Å². The van der Waals surface area contributed by atoms with E-state index in [1.165, 1.54) is 22.7 Å². The van der Waals surface area contributed by atoms with Crippen molar-refractivity contribution in [2.75, 3.05) is 30.7 Å². The van der Waals surface area contributed by atoms with E-state index in [-0.39, 0.29) is 0 Å². The summed E-state index contributed by atoms with van der Waals surface area (Å²) >= 11 is 0. The maximum Gasteiger partial charge on any atom is 0.303 e. The van der Waals surface area contributed by atoms with Crippen molar-refractivity contribution in [2.45, 2.75) is 12.8 Å². The van der Waals surface area contributed by atoms with Gasteiger partial charge in [0, 0.05) is 26.3 Å². The summed E-state index contributed by atoms with van der Waals surface area (Å²) < 4.78 is 27.0. The van der Waals surface area contributed by atoms with Gasteiger partial charge in [0.05, 0.1) is 5.69 Å². The van der Waals surface area contributed by atoms with Gasteiger partial charge in [-0.05, 0) is 30.5 Å². The second-order valence-corrected chi connectivity index (χ2v) is 6.38. The minimum atomic E-state index is -3.42. The molecule has 1 aliphatic rings. The van der Waals surface area contributed by atoms with Crippen LogP contribution in [0, 0.1) is 0 Å². The van der Waals surface area contributed by atoms with Crippen LogP contribution in [0.1, 0.15) is 12.0 Å². The fourth-order valence-electron chi connectivity index (χ4n) is 2.05. The lowest BCUT2D eigenvalue weighted by Gasteiger charge is -2.32. The Morgan fingerprint density at radius 3 is 2.71 bits per heavy atom. The largest absolute Gasteiger partial charge is 0.398 e. The highest BCUT2D eigenvalue weighted by molar-refractivity contribution is 7.90. The first-order valence-corrected chi connectivity index (χ1v) is 6.92. The normalized spacial score (nSPS) is 16.1. The predicted molar refractivity (Wildman–Crippen MR) is 69.1 cm³/mol. The highest BCUT2D eigenvalue weighted by Crippen LogP contribution is 2.33. The van der Waals surface area contributed by atoms with Gasteiger partial charge in [-0.25, -0.2) is 0 Å². The molecule has 0 aromatic heterocycles. The summed E-state index contributed by atoms with van der Waals surface area (Å²) in [5, 5.41) is 0. The van der Waals surface area contributed by atoms with E-state index >= 15 is 0 Å². The van der Waals surface area contributed by atoms with Crippen molar-refractivity contribution in [2.24, 2.45) is 0 Å². The number of benzene rings is 1. The van der Waals surface area contributed by atoms with Crippen molar-refractivity contribution in [1.29, 1.82) is 0 Å². The second-order valence-electron chi connectivity index (χ2n) is 4.31. The van der Waals surface area contributed by atoms with Crippen LogP contribution in [-0.4, -0.2) is 33.4 Å². The van der Waals surface area contributed by atoms with Gasteiger partial charge in [0.15, 0.2) is 0 Å². The smallest absolute Gasteiger partial charge is 0.303 e. The Morgan fingerprint density at radius 2 is 2.06 bits per heavy atom. The standard InChI is InChI=1S/C11H17N3O2S/c1-13(2)17(15,16)14-8-4-5-9-10(12)6-3-7-11(9)14/h3,6-7H,4-5,8,12H2,1-2H3. The summed E-state index contributed by atoms with van der Waals surface area (Å²) in [6, 6.07) is 5.41. The second kappa shape index (κ2) is 4.19. The zero-order chi connectivity index (χ0) is 12.6. The van der Waals surface area contributed by atoms with Crippen LogP contribution >= 0.6 is 0 Å². The van der Waals surface area contributed by atoms with Crippen molar-refractivity contribution in [3.8, 4) is 0 Å². The Bertz CT molecular complexity index is 526. The third kappa shape index (κ3) is 1.98. The quantitative estimate of drug-likeness (QED) is 0.796. The van der Waals surface area contributed by atoms with Gasteiger partial charge in [-0.3, -0.25) is 4.31 Å². The van der Waals surface area contributed by atoms with Crippen LogP contribution in [0.25, 0.3) is 0 Å². The summed E-state index contributed by atoms with van der Waals surface area (Å²) in [6.07, 6.45) is 1.63. The number of fused-ring (bicyclic) bond motifs is 1. The molecular weight excluding hydrogens is 238 g/mol. The topological polar surface area (TPSA) is 66.6 Å². The summed E-state index contributed by atoms with van der Waals surface area (Å²) in [4.78, 5) is 0. The first-order chi connectivity index (χ1) is 7.94. The van der Waals surface area contributed by atoms with Gasteiger partial charge in [0.1, 0.15) is 0 Å². The Kier molecular flexibility index (Phi) is 3.01. The van der Waals surface area contributed by atoms with E-state index in [2.05, 4.69) is 0 Å². The van der Waals surface area contributed by atoms with E-state index in [1.54, 1.807) is 6.07 Å². The number of rotatable bonds is 2. The Labute approximate surface area is 102 Å². The van der Waals surface area contributed by atoms with E-state index < -0.39 is 10.2 Å². The molecule has 0 saturated carbocycles. The molecule has 0 fully saturated rings. The molecule has 0 amide bonds. The van der Waals surface area contributed by atoms with Crippen LogP contribution in [0.4, 0.5) is 11.4 Å². The fraction of sp³-hybridized carbons (Fsp3) is 0.455. The van der Waals surface area contributed by atoms with Gasteiger partial charge in [-0.1, -0.05) is 6.07 Å². The van der Waals surface area contributed by atoms with Gasteiger partial charge in [0.25, 0.3) is 0 Å². The lowest BCUT2D eigenvalue weighted by Crippen LogP contribution is -2.42. The molecule has 0 unspecified atom stereocenters. The third-order valence-corrected chi connectivity index (χ3v) is 4.84. The van der Waals surface area contributed by atoms with Crippen molar-refractivity contribution in [3.63, 3.8) is 0 Å². The SMILES string of the molecule is CN(C)S(=O)(=O)N1CCCc2c(N)cccc21. The van der Waals surface area contributed by atoms with E-state index in [4.69, 9.17) is 5.73 Å². The van der Waals surface area contributed by atoms with Gasteiger partial charge in [0.2, 0.25) is 0 Å². The molecule has 1 aliphatic heterocycles. The molecule has 2 N–H and O–H groups in total. The molecule has 1 aromatic rings.